The summed E-state index contributed by atoms with van der Waals surface area (Å²) in [6.45, 7) is 5.43. The van der Waals surface area contributed by atoms with E-state index in [-0.39, 0.29) is 18.2 Å². The fourth-order valence-corrected chi connectivity index (χ4v) is 1.20. The van der Waals surface area contributed by atoms with Crippen LogP contribution in [0.2, 0.25) is 0 Å². The monoisotopic (exact) mass is 238 g/mol. The van der Waals surface area contributed by atoms with Crippen molar-refractivity contribution in [3.8, 4) is 0 Å². The highest BCUT2D eigenvalue weighted by atomic mass is 16.5. The normalized spacial score (nSPS) is 10.2. The summed E-state index contributed by atoms with van der Waals surface area (Å²) in [6, 6.07) is 3.30. The van der Waals surface area contributed by atoms with E-state index < -0.39 is 0 Å². The van der Waals surface area contributed by atoms with Crippen molar-refractivity contribution in [2.45, 2.75) is 13.0 Å². The maximum atomic E-state index is 11.5. The van der Waals surface area contributed by atoms with Crippen molar-refractivity contribution in [2.24, 2.45) is 5.73 Å². The van der Waals surface area contributed by atoms with Crippen LogP contribution in [-0.4, -0.2) is 25.7 Å². The fraction of sp³-hybridized carbons (Fsp3) is 0.417. The molecule has 1 aromatic rings. The summed E-state index contributed by atoms with van der Waals surface area (Å²) in [7, 11) is 0. The van der Waals surface area contributed by atoms with Crippen LogP contribution in [-0.2, 0) is 11.3 Å². The molecule has 0 spiro atoms. The van der Waals surface area contributed by atoms with E-state index in [0.717, 1.165) is 6.42 Å². The van der Waals surface area contributed by atoms with Gasteiger partial charge in [-0.05, 0) is 18.6 Å². The Morgan fingerprint density at radius 3 is 3.00 bits per heavy atom. The first kappa shape index (κ1) is 13.5. The van der Waals surface area contributed by atoms with Crippen molar-refractivity contribution >= 4 is 5.91 Å². The number of nitrogens with one attached hydrogen (secondary N) is 1. The van der Waals surface area contributed by atoms with Crippen LogP contribution < -0.4 is 11.1 Å². The van der Waals surface area contributed by atoms with E-state index in [2.05, 4.69) is 11.9 Å². The summed E-state index contributed by atoms with van der Waals surface area (Å²) in [5, 5.41) is 2.69. The number of furan rings is 1. The molecule has 1 heterocycles. The molecule has 94 valence electrons. The lowest BCUT2D eigenvalue weighted by Crippen LogP contribution is -2.27. The highest BCUT2D eigenvalue weighted by Gasteiger charge is 2.09. The largest absolute Gasteiger partial charge is 0.455 e. The van der Waals surface area contributed by atoms with Gasteiger partial charge >= 0.3 is 0 Å². The van der Waals surface area contributed by atoms with Crippen LogP contribution in [0, 0.1) is 0 Å². The van der Waals surface area contributed by atoms with Crippen LogP contribution in [0.25, 0.3) is 0 Å². The predicted molar refractivity (Wildman–Crippen MR) is 64.6 cm³/mol. The minimum atomic E-state index is -0.253. The summed E-state index contributed by atoms with van der Waals surface area (Å²) < 4.78 is 10.4. The molecule has 0 aliphatic rings. The molecule has 5 nitrogen and oxygen atoms in total. The maximum Gasteiger partial charge on any atom is 0.287 e. The highest BCUT2D eigenvalue weighted by Crippen LogP contribution is 2.06. The Balaban J connectivity index is 2.18. The van der Waals surface area contributed by atoms with Crippen LogP contribution in [0.5, 0.6) is 0 Å². The lowest BCUT2D eigenvalue weighted by Gasteiger charge is -2.03. The summed E-state index contributed by atoms with van der Waals surface area (Å²) >= 11 is 0. The number of ether oxygens (including phenoxy) is 1. The van der Waals surface area contributed by atoms with Crippen molar-refractivity contribution < 1.29 is 13.9 Å². The molecule has 0 aromatic carbocycles. The van der Waals surface area contributed by atoms with E-state index in [1.54, 1.807) is 18.2 Å². The summed E-state index contributed by atoms with van der Waals surface area (Å²) in [5.41, 5.74) is 5.38. The number of carbonyl (C=O) groups excluding carboxylic acids is 1. The Morgan fingerprint density at radius 2 is 2.35 bits per heavy atom. The lowest BCUT2D eigenvalue weighted by molar-refractivity contribution is 0.0889. The Bertz CT molecular complexity index is 360. The number of hydrogen-bond acceptors (Lipinski definition) is 4. The van der Waals surface area contributed by atoms with E-state index in [9.17, 15) is 4.79 Å². The average molecular weight is 238 g/mol. The molecule has 0 saturated carbocycles. The molecule has 0 unspecified atom stereocenters. The molecule has 0 atom stereocenters. The van der Waals surface area contributed by atoms with Crippen LogP contribution in [0.4, 0.5) is 0 Å². The van der Waals surface area contributed by atoms with Gasteiger partial charge in [0.25, 0.3) is 5.91 Å². The summed E-state index contributed by atoms with van der Waals surface area (Å²) in [4.78, 5) is 11.5. The Morgan fingerprint density at radius 1 is 1.53 bits per heavy atom. The quantitative estimate of drug-likeness (QED) is 0.524. The van der Waals surface area contributed by atoms with E-state index in [1.807, 2.05) is 0 Å². The number of amides is 1. The number of nitrogens with two attached hydrogens (primary N) is 1. The smallest absolute Gasteiger partial charge is 0.287 e. The first-order chi connectivity index (χ1) is 8.27. The van der Waals surface area contributed by atoms with Crippen molar-refractivity contribution in [1.82, 2.24) is 5.32 Å². The zero-order chi connectivity index (χ0) is 12.5. The van der Waals surface area contributed by atoms with Crippen LogP contribution >= 0.6 is 0 Å². The lowest BCUT2D eigenvalue weighted by atomic mass is 10.4. The first-order valence-corrected chi connectivity index (χ1v) is 5.53. The first-order valence-electron chi connectivity index (χ1n) is 5.53. The van der Waals surface area contributed by atoms with Crippen molar-refractivity contribution in [3.63, 3.8) is 0 Å². The average Bonchev–Trinajstić information content (AvgIpc) is 2.82. The molecule has 5 heteroatoms. The highest BCUT2D eigenvalue weighted by molar-refractivity contribution is 5.91. The van der Waals surface area contributed by atoms with Crippen LogP contribution in [0.3, 0.4) is 0 Å². The molecule has 0 saturated heterocycles. The van der Waals surface area contributed by atoms with Crippen LogP contribution in [0.15, 0.2) is 29.2 Å². The van der Waals surface area contributed by atoms with Gasteiger partial charge in [0.15, 0.2) is 5.76 Å². The van der Waals surface area contributed by atoms with Crippen molar-refractivity contribution in [2.75, 3.05) is 19.8 Å². The van der Waals surface area contributed by atoms with Crippen molar-refractivity contribution in [1.29, 1.82) is 0 Å². The molecule has 17 heavy (non-hydrogen) atoms. The standard InChI is InChI=1S/C12H18N2O3/c1-2-3-7-16-8-6-14-12(15)11-5-4-10(9-13)17-11/h2,4-5H,1,3,6-9,13H2,(H,14,15). The minimum Gasteiger partial charge on any atom is -0.455 e. The van der Waals surface area contributed by atoms with Gasteiger partial charge in [-0.1, -0.05) is 6.08 Å². The SMILES string of the molecule is C=CCCOCCNC(=O)c1ccc(CN)o1. The molecular weight excluding hydrogens is 220 g/mol. The molecule has 0 radical (unpaired) electrons. The molecule has 3 N–H and O–H groups in total. The van der Waals surface area contributed by atoms with Crippen molar-refractivity contribution in [3.05, 3.63) is 36.3 Å². The maximum absolute atomic E-state index is 11.5. The minimum absolute atomic E-state index is 0.253. The number of hydrogen-bond donors (Lipinski definition) is 2. The zero-order valence-corrected chi connectivity index (χ0v) is 9.78. The van der Waals surface area contributed by atoms with E-state index in [0.29, 0.717) is 25.5 Å². The molecular formula is C12H18N2O3. The second-order valence-corrected chi connectivity index (χ2v) is 3.42. The number of rotatable bonds is 8. The second-order valence-electron chi connectivity index (χ2n) is 3.42. The van der Waals surface area contributed by atoms with E-state index >= 15 is 0 Å². The van der Waals surface area contributed by atoms with Crippen LogP contribution in [0.1, 0.15) is 22.7 Å². The van der Waals surface area contributed by atoms with Gasteiger partial charge in [0, 0.05) is 6.54 Å². The third kappa shape index (κ3) is 4.84. The Labute approximate surface area is 101 Å². The molecule has 1 amide bonds. The summed E-state index contributed by atoms with van der Waals surface area (Å²) in [6.07, 6.45) is 2.60. The van der Waals surface area contributed by atoms with Gasteiger partial charge in [-0.15, -0.1) is 6.58 Å². The Hall–Kier alpha value is -1.59. The predicted octanol–water partition coefficient (Wildman–Crippen LogP) is 1.06. The van der Waals surface area contributed by atoms with Gasteiger partial charge in [0.2, 0.25) is 0 Å². The Kier molecular flexibility index (Phi) is 6.06. The van der Waals surface area contributed by atoms with E-state index in [1.165, 1.54) is 0 Å². The molecule has 0 bridgehead atoms. The second kappa shape index (κ2) is 7.65. The third-order valence-corrected chi connectivity index (χ3v) is 2.08. The zero-order valence-electron chi connectivity index (χ0n) is 9.78. The fourth-order valence-electron chi connectivity index (χ4n) is 1.20. The summed E-state index contributed by atoms with van der Waals surface area (Å²) in [5.74, 6) is 0.617. The van der Waals surface area contributed by atoms with Gasteiger partial charge in [-0.3, -0.25) is 4.79 Å². The van der Waals surface area contributed by atoms with Gasteiger partial charge in [-0.25, -0.2) is 0 Å². The van der Waals surface area contributed by atoms with Gasteiger partial charge < -0.3 is 20.2 Å². The van der Waals surface area contributed by atoms with Gasteiger partial charge in [0.05, 0.1) is 19.8 Å². The third-order valence-electron chi connectivity index (χ3n) is 2.08. The topological polar surface area (TPSA) is 77.5 Å². The molecule has 0 fully saturated rings. The number of carbonyl (C=O) groups is 1. The molecule has 1 aromatic heterocycles. The molecule has 0 aliphatic heterocycles. The molecule has 0 aliphatic carbocycles. The van der Waals surface area contributed by atoms with Gasteiger partial charge in [0.1, 0.15) is 5.76 Å². The molecule has 1 rings (SSSR count). The van der Waals surface area contributed by atoms with Gasteiger partial charge in [-0.2, -0.15) is 0 Å². The van der Waals surface area contributed by atoms with E-state index in [4.69, 9.17) is 14.9 Å².